The van der Waals surface area contributed by atoms with Gasteiger partial charge < -0.3 is 21.3 Å². The van der Waals surface area contributed by atoms with E-state index in [0.717, 1.165) is 0 Å². The molecule has 0 saturated carbocycles. The predicted molar refractivity (Wildman–Crippen MR) is 56.2 cm³/mol. The molecule has 0 radical (unpaired) electrons. The summed E-state index contributed by atoms with van der Waals surface area (Å²) in [4.78, 5) is 35.2. The summed E-state index contributed by atoms with van der Waals surface area (Å²) in [6, 6.07) is -0.834. The zero-order valence-corrected chi connectivity index (χ0v) is 9.16. The normalized spacial score (nSPS) is 17.7. The minimum Gasteiger partial charge on any atom is -0.368 e. The highest BCUT2D eigenvalue weighted by molar-refractivity contribution is 6.35. The molecule has 1 unspecified atom stereocenters. The third kappa shape index (κ3) is 3.20. The number of hydrogen-bond donors (Lipinski definition) is 3. The zero-order valence-electron chi connectivity index (χ0n) is 9.16. The summed E-state index contributed by atoms with van der Waals surface area (Å²) in [5.74, 6) is -2.07. The van der Waals surface area contributed by atoms with E-state index in [9.17, 15) is 14.4 Å². The van der Waals surface area contributed by atoms with Gasteiger partial charge in [0.1, 0.15) is 6.04 Å². The Morgan fingerprint density at radius 3 is 2.38 bits per heavy atom. The maximum atomic E-state index is 11.6. The molecule has 0 aromatic rings. The van der Waals surface area contributed by atoms with E-state index in [0.29, 0.717) is 26.2 Å². The van der Waals surface area contributed by atoms with Crippen LogP contribution in [0.25, 0.3) is 0 Å². The van der Waals surface area contributed by atoms with Gasteiger partial charge in [-0.05, 0) is 6.92 Å². The molecule has 1 aliphatic rings. The van der Waals surface area contributed by atoms with Crippen LogP contribution >= 0.6 is 0 Å². The van der Waals surface area contributed by atoms with E-state index in [1.54, 1.807) is 0 Å². The molecule has 3 amide bonds. The van der Waals surface area contributed by atoms with E-state index < -0.39 is 23.8 Å². The van der Waals surface area contributed by atoms with Gasteiger partial charge in [0, 0.05) is 26.2 Å². The van der Waals surface area contributed by atoms with E-state index in [-0.39, 0.29) is 0 Å². The lowest BCUT2D eigenvalue weighted by Gasteiger charge is -2.27. The molecule has 1 heterocycles. The van der Waals surface area contributed by atoms with Crippen LogP contribution in [0.3, 0.4) is 0 Å². The SMILES string of the molecule is CC(NC(=O)C(=O)N1CCNCC1)C(N)=O. The highest BCUT2D eigenvalue weighted by Gasteiger charge is 2.25. The third-order valence-electron chi connectivity index (χ3n) is 2.37. The van der Waals surface area contributed by atoms with Crippen LogP contribution in [0.4, 0.5) is 0 Å². The fraction of sp³-hybridized carbons (Fsp3) is 0.667. The van der Waals surface area contributed by atoms with Crippen LogP contribution in [0.1, 0.15) is 6.92 Å². The van der Waals surface area contributed by atoms with Crippen LogP contribution in [0.2, 0.25) is 0 Å². The summed E-state index contributed by atoms with van der Waals surface area (Å²) in [5.41, 5.74) is 4.97. The van der Waals surface area contributed by atoms with E-state index in [1.807, 2.05) is 0 Å². The molecule has 1 fully saturated rings. The van der Waals surface area contributed by atoms with Crippen molar-refractivity contribution >= 4 is 17.7 Å². The quantitative estimate of drug-likeness (QED) is 0.451. The maximum absolute atomic E-state index is 11.6. The topological polar surface area (TPSA) is 105 Å². The number of carbonyl (C=O) groups is 3. The minimum atomic E-state index is -0.834. The molecular weight excluding hydrogens is 212 g/mol. The van der Waals surface area contributed by atoms with Crippen molar-refractivity contribution in [2.75, 3.05) is 26.2 Å². The summed E-state index contributed by atoms with van der Waals surface area (Å²) in [6.45, 7) is 3.77. The first-order valence-electron chi connectivity index (χ1n) is 5.12. The van der Waals surface area contributed by atoms with Gasteiger partial charge in [-0.2, -0.15) is 0 Å². The number of primary amides is 1. The van der Waals surface area contributed by atoms with Gasteiger partial charge in [-0.1, -0.05) is 0 Å². The number of nitrogens with one attached hydrogen (secondary N) is 2. The molecule has 7 heteroatoms. The van der Waals surface area contributed by atoms with Crippen LogP contribution in [-0.4, -0.2) is 54.8 Å². The Hall–Kier alpha value is -1.63. The Labute approximate surface area is 93.3 Å². The van der Waals surface area contributed by atoms with Gasteiger partial charge in [0.05, 0.1) is 0 Å². The van der Waals surface area contributed by atoms with Crippen molar-refractivity contribution in [2.45, 2.75) is 13.0 Å². The molecule has 1 aliphatic heterocycles. The number of amides is 3. The van der Waals surface area contributed by atoms with Gasteiger partial charge in [-0.25, -0.2) is 0 Å². The zero-order chi connectivity index (χ0) is 12.1. The third-order valence-corrected chi connectivity index (χ3v) is 2.37. The fourth-order valence-electron chi connectivity index (χ4n) is 1.34. The van der Waals surface area contributed by atoms with Gasteiger partial charge in [-0.3, -0.25) is 14.4 Å². The maximum Gasteiger partial charge on any atom is 0.311 e. The summed E-state index contributed by atoms with van der Waals surface area (Å²) in [7, 11) is 0. The molecular formula is C9H16N4O3. The van der Waals surface area contributed by atoms with E-state index in [1.165, 1.54) is 11.8 Å². The number of nitrogens with zero attached hydrogens (tertiary/aromatic N) is 1. The average molecular weight is 228 g/mol. The number of piperazine rings is 1. The molecule has 90 valence electrons. The second-order valence-electron chi connectivity index (χ2n) is 3.64. The highest BCUT2D eigenvalue weighted by Crippen LogP contribution is 1.94. The molecule has 0 bridgehead atoms. The standard InChI is InChI=1S/C9H16N4O3/c1-6(7(10)14)12-8(15)9(16)13-4-2-11-3-5-13/h6,11H,2-5H2,1H3,(H2,10,14)(H,12,15). The van der Waals surface area contributed by atoms with Crippen molar-refractivity contribution in [3.8, 4) is 0 Å². The minimum absolute atomic E-state index is 0.497. The lowest BCUT2D eigenvalue weighted by atomic mass is 10.3. The lowest BCUT2D eigenvalue weighted by molar-refractivity contribution is -0.147. The van der Waals surface area contributed by atoms with Gasteiger partial charge in [0.2, 0.25) is 5.91 Å². The number of rotatable bonds is 2. The van der Waals surface area contributed by atoms with Crippen LogP contribution in [0, 0.1) is 0 Å². The van der Waals surface area contributed by atoms with Crippen molar-refractivity contribution in [2.24, 2.45) is 5.73 Å². The molecule has 0 spiro atoms. The number of hydrogen-bond acceptors (Lipinski definition) is 4. The van der Waals surface area contributed by atoms with Gasteiger partial charge in [0.15, 0.2) is 0 Å². The van der Waals surface area contributed by atoms with E-state index >= 15 is 0 Å². The first kappa shape index (κ1) is 12.4. The molecule has 1 rings (SSSR count). The fourth-order valence-corrected chi connectivity index (χ4v) is 1.34. The molecule has 0 aromatic carbocycles. The molecule has 1 saturated heterocycles. The van der Waals surface area contributed by atoms with Crippen molar-refractivity contribution in [3.05, 3.63) is 0 Å². The van der Waals surface area contributed by atoms with E-state index in [2.05, 4.69) is 10.6 Å². The first-order chi connectivity index (χ1) is 7.52. The molecule has 0 aromatic heterocycles. The number of nitrogens with two attached hydrogens (primary N) is 1. The Balaban J connectivity index is 2.46. The van der Waals surface area contributed by atoms with Gasteiger partial charge in [0.25, 0.3) is 0 Å². The Kier molecular flexibility index (Phi) is 4.24. The smallest absolute Gasteiger partial charge is 0.311 e. The van der Waals surface area contributed by atoms with Gasteiger partial charge >= 0.3 is 11.8 Å². The summed E-state index contributed by atoms with van der Waals surface area (Å²) in [5, 5.41) is 5.32. The largest absolute Gasteiger partial charge is 0.368 e. The highest BCUT2D eigenvalue weighted by atomic mass is 16.2. The Morgan fingerprint density at radius 1 is 1.31 bits per heavy atom. The predicted octanol–water partition coefficient (Wildman–Crippen LogP) is -2.59. The van der Waals surface area contributed by atoms with Crippen molar-refractivity contribution in [1.29, 1.82) is 0 Å². The van der Waals surface area contributed by atoms with Crippen molar-refractivity contribution in [3.63, 3.8) is 0 Å². The monoisotopic (exact) mass is 228 g/mol. The number of carbonyl (C=O) groups excluding carboxylic acids is 3. The van der Waals surface area contributed by atoms with E-state index in [4.69, 9.17) is 5.73 Å². The summed E-state index contributed by atoms with van der Waals surface area (Å²) < 4.78 is 0. The van der Waals surface area contributed by atoms with Crippen LogP contribution in [-0.2, 0) is 14.4 Å². The molecule has 0 aliphatic carbocycles. The molecule has 4 N–H and O–H groups in total. The molecule has 7 nitrogen and oxygen atoms in total. The van der Waals surface area contributed by atoms with Crippen LogP contribution < -0.4 is 16.4 Å². The van der Waals surface area contributed by atoms with Crippen LogP contribution in [0.5, 0.6) is 0 Å². The van der Waals surface area contributed by atoms with Gasteiger partial charge in [-0.15, -0.1) is 0 Å². The van der Waals surface area contributed by atoms with Crippen molar-refractivity contribution < 1.29 is 14.4 Å². The Bertz CT molecular complexity index is 299. The van der Waals surface area contributed by atoms with Crippen LogP contribution in [0.15, 0.2) is 0 Å². The average Bonchev–Trinajstić information content (AvgIpc) is 2.28. The van der Waals surface area contributed by atoms with Crippen molar-refractivity contribution in [1.82, 2.24) is 15.5 Å². The molecule has 1 atom stereocenters. The summed E-state index contributed by atoms with van der Waals surface area (Å²) in [6.07, 6.45) is 0. The first-order valence-corrected chi connectivity index (χ1v) is 5.12. The summed E-state index contributed by atoms with van der Waals surface area (Å²) >= 11 is 0. The second-order valence-corrected chi connectivity index (χ2v) is 3.64. The second kappa shape index (κ2) is 5.45. The molecule has 16 heavy (non-hydrogen) atoms. The lowest BCUT2D eigenvalue weighted by Crippen LogP contribution is -2.53. The Morgan fingerprint density at radius 2 is 1.88 bits per heavy atom.